The number of hydrogen-bond donors (Lipinski definition) is 0. The first kappa shape index (κ1) is 12.9. The van der Waals surface area contributed by atoms with Crippen LogP contribution < -0.4 is 0 Å². The molecule has 2 heteroatoms. The molecule has 0 aromatic rings. The van der Waals surface area contributed by atoms with Crippen LogP contribution in [0.4, 0.5) is 0 Å². The van der Waals surface area contributed by atoms with Crippen LogP contribution in [0.5, 0.6) is 0 Å². The van der Waals surface area contributed by atoms with E-state index in [2.05, 4.69) is 16.7 Å². The second-order valence-electron chi connectivity index (χ2n) is 7.08. The first-order valence-corrected chi connectivity index (χ1v) is 8.27. The fourth-order valence-electron chi connectivity index (χ4n) is 4.47. The molecular weight excluding hydrogens is 220 g/mol. The summed E-state index contributed by atoms with van der Waals surface area (Å²) in [5, 5.41) is 0. The molecule has 2 heterocycles. The summed E-state index contributed by atoms with van der Waals surface area (Å²) < 4.78 is 0. The van der Waals surface area contributed by atoms with E-state index in [1.165, 1.54) is 77.7 Å². The average Bonchev–Trinajstić information content (AvgIpc) is 2.66. The van der Waals surface area contributed by atoms with Crippen molar-refractivity contribution < 1.29 is 0 Å². The molecule has 2 saturated heterocycles. The van der Waals surface area contributed by atoms with Crippen LogP contribution >= 0.6 is 0 Å². The monoisotopic (exact) mass is 250 g/mol. The molecule has 3 atom stereocenters. The lowest BCUT2D eigenvalue weighted by molar-refractivity contribution is 0.130. The molecule has 0 aromatic heterocycles. The van der Waals surface area contributed by atoms with E-state index in [0.29, 0.717) is 0 Å². The lowest BCUT2D eigenvalue weighted by Gasteiger charge is -2.35. The highest BCUT2D eigenvalue weighted by molar-refractivity contribution is 4.85. The van der Waals surface area contributed by atoms with Gasteiger partial charge in [0.25, 0.3) is 0 Å². The molecule has 2 nitrogen and oxygen atoms in total. The number of piperidine rings is 1. The Bertz CT molecular complexity index is 266. The van der Waals surface area contributed by atoms with Gasteiger partial charge in [-0.05, 0) is 63.6 Å². The van der Waals surface area contributed by atoms with E-state index < -0.39 is 0 Å². The van der Waals surface area contributed by atoms with Crippen molar-refractivity contribution in [3.63, 3.8) is 0 Å². The van der Waals surface area contributed by atoms with E-state index in [1.807, 2.05) is 0 Å². The number of nitrogens with zero attached hydrogens (tertiary/aromatic N) is 2. The summed E-state index contributed by atoms with van der Waals surface area (Å²) in [6.45, 7) is 9.30. The average molecular weight is 250 g/mol. The van der Waals surface area contributed by atoms with Crippen LogP contribution in [0.2, 0.25) is 0 Å². The third-order valence-electron chi connectivity index (χ3n) is 5.46. The minimum atomic E-state index is 0.889. The number of rotatable bonds is 2. The Labute approximate surface area is 113 Å². The van der Waals surface area contributed by atoms with Gasteiger partial charge < -0.3 is 4.90 Å². The van der Waals surface area contributed by atoms with E-state index >= 15 is 0 Å². The Kier molecular flexibility index (Phi) is 4.25. The van der Waals surface area contributed by atoms with Gasteiger partial charge in [-0.3, -0.25) is 4.90 Å². The Morgan fingerprint density at radius 1 is 0.944 bits per heavy atom. The zero-order valence-corrected chi connectivity index (χ0v) is 12.1. The zero-order valence-electron chi connectivity index (χ0n) is 12.1. The Hall–Kier alpha value is -0.0800. The molecule has 3 rings (SSSR count). The van der Waals surface area contributed by atoms with Gasteiger partial charge in [0.1, 0.15) is 0 Å². The Morgan fingerprint density at radius 2 is 1.83 bits per heavy atom. The number of fused-ring (bicyclic) bond motifs is 1. The molecule has 0 amide bonds. The molecule has 0 bridgehead atoms. The van der Waals surface area contributed by atoms with Crippen LogP contribution in [-0.4, -0.2) is 48.6 Å². The van der Waals surface area contributed by atoms with Crippen molar-refractivity contribution >= 4 is 0 Å². The molecule has 3 unspecified atom stereocenters. The van der Waals surface area contributed by atoms with E-state index in [9.17, 15) is 0 Å². The third kappa shape index (κ3) is 3.08. The first-order chi connectivity index (χ1) is 8.81. The van der Waals surface area contributed by atoms with Crippen molar-refractivity contribution in [2.45, 2.75) is 57.9 Å². The van der Waals surface area contributed by atoms with Crippen molar-refractivity contribution in [3.8, 4) is 0 Å². The van der Waals surface area contributed by atoms with Crippen LogP contribution in [-0.2, 0) is 0 Å². The maximum atomic E-state index is 2.80. The Balaban J connectivity index is 1.53. The van der Waals surface area contributed by atoms with Gasteiger partial charge in [-0.2, -0.15) is 0 Å². The van der Waals surface area contributed by atoms with Gasteiger partial charge in [-0.1, -0.05) is 19.8 Å². The second kappa shape index (κ2) is 5.92. The van der Waals surface area contributed by atoms with Gasteiger partial charge in [-0.15, -0.1) is 0 Å². The largest absolute Gasteiger partial charge is 0.301 e. The molecule has 3 fully saturated rings. The second-order valence-corrected chi connectivity index (χ2v) is 7.08. The van der Waals surface area contributed by atoms with Crippen LogP contribution in [0.25, 0.3) is 0 Å². The van der Waals surface area contributed by atoms with Crippen molar-refractivity contribution in [1.29, 1.82) is 0 Å². The van der Waals surface area contributed by atoms with Crippen LogP contribution in [0, 0.1) is 11.8 Å². The molecule has 3 aliphatic rings. The van der Waals surface area contributed by atoms with Gasteiger partial charge in [-0.25, -0.2) is 0 Å². The molecule has 0 spiro atoms. The molecule has 0 radical (unpaired) electrons. The third-order valence-corrected chi connectivity index (χ3v) is 5.46. The van der Waals surface area contributed by atoms with Crippen molar-refractivity contribution in [2.24, 2.45) is 11.8 Å². The minimum absolute atomic E-state index is 0.889. The highest BCUT2D eigenvalue weighted by atomic mass is 15.2. The fraction of sp³-hybridized carbons (Fsp3) is 1.00. The summed E-state index contributed by atoms with van der Waals surface area (Å²) in [5.41, 5.74) is 0. The van der Waals surface area contributed by atoms with E-state index in [1.54, 1.807) is 0 Å². The molecule has 104 valence electrons. The smallest absolute Gasteiger partial charge is 0.0223 e. The molecule has 1 aliphatic carbocycles. The predicted molar refractivity (Wildman–Crippen MR) is 76.8 cm³/mol. The van der Waals surface area contributed by atoms with E-state index in [0.717, 1.165) is 17.9 Å². The quantitative estimate of drug-likeness (QED) is 0.743. The lowest BCUT2D eigenvalue weighted by Crippen LogP contribution is -2.44. The van der Waals surface area contributed by atoms with Gasteiger partial charge in [0.15, 0.2) is 0 Å². The summed E-state index contributed by atoms with van der Waals surface area (Å²) >= 11 is 0. The van der Waals surface area contributed by atoms with Crippen LogP contribution in [0.3, 0.4) is 0 Å². The van der Waals surface area contributed by atoms with Gasteiger partial charge in [0.05, 0.1) is 0 Å². The molecule has 1 saturated carbocycles. The van der Waals surface area contributed by atoms with E-state index in [-0.39, 0.29) is 0 Å². The SMILES string of the molecule is CC1CCC(CN2CCCN3CCCCC3C2)C1. The van der Waals surface area contributed by atoms with Crippen LogP contribution in [0.1, 0.15) is 51.9 Å². The maximum absolute atomic E-state index is 2.80. The topological polar surface area (TPSA) is 6.48 Å². The lowest BCUT2D eigenvalue weighted by atomic mass is 10.0. The van der Waals surface area contributed by atoms with Gasteiger partial charge in [0, 0.05) is 19.1 Å². The first-order valence-electron chi connectivity index (χ1n) is 8.27. The predicted octanol–water partition coefficient (Wildman–Crippen LogP) is 2.98. The fourth-order valence-corrected chi connectivity index (χ4v) is 4.47. The highest BCUT2D eigenvalue weighted by Gasteiger charge is 2.29. The van der Waals surface area contributed by atoms with Gasteiger partial charge >= 0.3 is 0 Å². The van der Waals surface area contributed by atoms with E-state index in [4.69, 9.17) is 0 Å². The molecule has 0 N–H and O–H groups in total. The maximum Gasteiger partial charge on any atom is 0.0223 e. The Morgan fingerprint density at radius 3 is 2.67 bits per heavy atom. The highest BCUT2D eigenvalue weighted by Crippen LogP contribution is 2.31. The summed E-state index contributed by atoms with van der Waals surface area (Å²) in [5.74, 6) is 2.00. The van der Waals surface area contributed by atoms with Crippen molar-refractivity contribution in [2.75, 3.05) is 32.7 Å². The zero-order chi connectivity index (χ0) is 12.4. The normalized spacial score (nSPS) is 39.5. The van der Waals surface area contributed by atoms with Crippen LogP contribution in [0.15, 0.2) is 0 Å². The standard InChI is InChI=1S/C16H30N2/c1-14-6-7-15(11-14)12-17-8-4-10-18-9-3-2-5-16(18)13-17/h14-16H,2-13H2,1H3. The molecule has 0 aromatic carbocycles. The molecule has 2 aliphatic heterocycles. The summed E-state index contributed by atoms with van der Waals surface area (Å²) in [4.78, 5) is 5.58. The molecule has 18 heavy (non-hydrogen) atoms. The van der Waals surface area contributed by atoms with Gasteiger partial charge in [0.2, 0.25) is 0 Å². The minimum Gasteiger partial charge on any atom is -0.301 e. The molecular formula is C16H30N2. The summed E-state index contributed by atoms with van der Waals surface area (Å²) in [6, 6.07) is 0.889. The summed E-state index contributed by atoms with van der Waals surface area (Å²) in [6.07, 6.45) is 10.2. The van der Waals surface area contributed by atoms with Crippen molar-refractivity contribution in [1.82, 2.24) is 9.80 Å². The summed E-state index contributed by atoms with van der Waals surface area (Å²) in [7, 11) is 0. The van der Waals surface area contributed by atoms with Crippen molar-refractivity contribution in [3.05, 3.63) is 0 Å². The number of hydrogen-bond acceptors (Lipinski definition) is 2.